The van der Waals surface area contributed by atoms with E-state index in [9.17, 15) is 18.8 Å². The molecule has 0 saturated heterocycles. The lowest BCUT2D eigenvalue weighted by Crippen LogP contribution is -2.37. The Bertz CT molecular complexity index is 1400. The van der Waals surface area contributed by atoms with Crippen molar-refractivity contribution in [1.82, 2.24) is 4.57 Å². The number of nitrogens with one attached hydrogen (secondary N) is 2. The highest BCUT2D eigenvalue weighted by Gasteiger charge is 2.21. The monoisotopic (exact) mass is 508 g/mol. The van der Waals surface area contributed by atoms with Crippen LogP contribution in [-0.2, 0) is 11.2 Å². The Kier molecular flexibility index (Phi) is 8.18. The Hall–Kier alpha value is -4.51. The van der Waals surface area contributed by atoms with E-state index in [2.05, 4.69) is 10.6 Å². The zero-order chi connectivity index (χ0) is 26.4. The van der Waals surface area contributed by atoms with E-state index in [1.807, 2.05) is 0 Å². The molecule has 0 aliphatic carbocycles. The van der Waals surface area contributed by atoms with Gasteiger partial charge in [-0.25, -0.2) is 4.39 Å². The first kappa shape index (κ1) is 26.1. The van der Waals surface area contributed by atoms with Gasteiger partial charge in [-0.2, -0.15) is 0 Å². The summed E-state index contributed by atoms with van der Waals surface area (Å²) in [4.78, 5) is 36.2. The summed E-state index contributed by atoms with van der Waals surface area (Å²) in [5.41, 5.74) is 18.1. The molecular formula is C25H25FN6O3S. The minimum atomic E-state index is -0.991. The van der Waals surface area contributed by atoms with Crippen LogP contribution >= 0.6 is 12.2 Å². The third-order valence-electron chi connectivity index (χ3n) is 5.14. The molecule has 2 aromatic carbocycles. The molecule has 3 aromatic rings. The second kappa shape index (κ2) is 11.3. The fourth-order valence-electron chi connectivity index (χ4n) is 3.45. The highest BCUT2D eigenvalue weighted by atomic mass is 32.1. The Morgan fingerprint density at radius 1 is 1.08 bits per heavy atom. The number of carbonyl (C=O) groups excluding carboxylic acids is 2. The molecule has 8 N–H and O–H groups in total. The number of nitrogens with two attached hydrogens (primary N) is 3. The van der Waals surface area contributed by atoms with Gasteiger partial charge in [0, 0.05) is 30.1 Å². The Morgan fingerprint density at radius 3 is 2.36 bits per heavy atom. The van der Waals surface area contributed by atoms with Crippen LogP contribution in [0.2, 0.25) is 0 Å². The van der Waals surface area contributed by atoms with Crippen LogP contribution in [-0.4, -0.2) is 27.4 Å². The Morgan fingerprint density at radius 2 is 1.78 bits per heavy atom. The van der Waals surface area contributed by atoms with Crippen molar-refractivity contribution in [3.8, 4) is 5.69 Å². The van der Waals surface area contributed by atoms with Crippen LogP contribution in [0.15, 0.2) is 77.4 Å². The average molecular weight is 509 g/mol. The third-order valence-corrected chi connectivity index (χ3v) is 5.36. The number of primary amides is 2. The number of pyridine rings is 1. The van der Waals surface area contributed by atoms with E-state index in [-0.39, 0.29) is 33.9 Å². The molecule has 0 radical (unpaired) electrons. The molecule has 0 aliphatic rings. The summed E-state index contributed by atoms with van der Waals surface area (Å²) in [6.45, 7) is 1.63. The number of aromatic nitrogens is 1. The van der Waals surface area contributed by atoms with Crippen LogP contribution in [0.3, 0.4) is 0 Å². The number of rotatable bonds is 9. The van der Waals surface area contributed by atoms with E-state index >= 15 is 0 Å². The Labute approximate surface area is 211 Å². The fraction of sp³-hybridized carbons (Fsp3) is 0.120. The maximum atomic E-state index is 14.8. The zero-order valence-corrected chi connectivity index (χ0v) is 20.1. The van der Waals surface area contributed by atoms with Crippen LogP contribution < -0.4 is 33.4 Å². The third kappa shape index (κ3) is 6.54. The highest BCUT2D eigenvalue weighted by Crippen LogP contribution is 2.26. The van der Waals surface area contributed by atoms with Crippen molar-refractivity contribution in [1.29, 1.82) is 0 Å². The number of carbonyl (C=O) groups is 2. The van der Waals surface area contributed by atoms with Crippen LogP contribution in [0.25, 0.3) is 5.69 Å². The van der Waals surface area contributed by atoms with Gasteiger partial charge in [-0.05, 0) is 48.9 Å². The smallest absolute Gasteiger partial charge is 0.255 e. The first-order valence-electron chi connectivity index (χ1n) is 10.8. The second-order valence-electron chi connectivity index (χ2n) is 8.00. The molecule has 0 bridgehead atoms. The second-order valence-corrected chi connectivity index (χ2v) is 8.44. The predicted octanol–water partition coefficient (Wildman–Crippen LogP) is 2.19. The van der Waals surface area contributed by atoms with Crippen molar-refractivity contribution in [2.45, 2.75) is 19.4 Å². The molecule has 0 unspecified atom stereocenters. The van der Waals surface area contributed by atoms with Crippen LogP contribution in [0, 0.1) is 5.82 Å². The number of hydrogen-bond donors (Lipinski definition) is 5. The lowest BCUT2D eigenvalue weighted by atomic mass is 10.0. The van der Waals surface area contributed by atoms with Crippen LogP contribution in [0.5, 0.6) is 0 Å². The van der Waals surface area contributed by atoms with Crippen LogP contribution in [0.1, 0.15) is 22.8 Å². The number of hydrogen-bond acceptors (Lipinski definition) is 6. The molecule has 1 heterocycles. The van der Waals surface area contributed by atoms with Gasteiger partial charge in [-0.1, -0.05) is 30.4 Å². The molecule has 2 amide bonds. The van der Waals surface area contributed by atoms with Crippen molar-refractivity contribution in [3.05, 3.63) is 99.9 Å². The van der Waals surface area contributed by atoms with Gasteiger partial charge in [0.15, 0.2) is 0 Å². The number of nitrogens with zero attached hydrogens (tertiary/aromatic N) is 1. The molecular weight excluding hydrogens is 483 g/mol. The fourth-order valence-corrected chi connectivity index (χ4v) is 3.74. The average Bonchev–Trinajstić information content (AvgIpc) is 2.80. The normalized spacial score (nSPS) is 12.0. The lowest BCUT2D eigenvalue weighted by Gasteiger charge is -2.19. The van der Waals surface area contributed by atoms with Gasteiger partial charge in [-0.3, -0.25) is 19.0 Å². The zero-order valence-electron chi connectivity index (χ0n) is 19.3. The van der Waals surface area contributed by atoms with E-state index < -0.39 is 23.7 Å². The van der Waals surface area contributed by atoms with Crippen molar-refractivity contribution >= 4 is 40.4 Å². The first-order chi connectivity index (χ1) is 17.0. The number of amides is 2. The Balaban J connectivity index is 1.86. The number of halogens is 1. The number of anilines is 2. The van der Waals surface area contributed by atoms with Gasteiger partial charge in [0.05, 0.1) is 16.9 Å². The minimum Gasteiger partial charge on any atom is -0.402 e. The summed E-state index contributed by atoms with van der Waals surface area (Å²) in [6.07, 6.45) is 3.23. The summed E-state index contributed by atoms with van der Waals surface area (Å²) in [5.74, 6) is -2.40. The molecule has 9 nitrogen and oxygen atoms in total. The van der Waals surface area contributed by atoms with Crippen molar-refractivity contribution in [2.75, 3.05) is 10.6 Å². The molecule has 0 spiro atoms. The van der Waals surface area contributed by atoms with Gasteiger partial charge in [0.2, 0.25) is 5.91 Å². The molecule has 3 rings (SSSR count). The first-order valence-corrected chi connectivity index (χ1v) is 11.2. The van der Waals surface area contributed by atoms with E-state index in [0.29, 0.717) is 11.4 Å². The quantitative estimate of drug-likeness (QED) is 0.219. The van der Waals surface area contributed by atoms with Crippen LogP contribution in [0.4, 0.5) is 15.8 Å². The van der Waals surface area contributed by atoms with Crippen molar-refractivity contribution in [2.24, 2.45) is 17.2 Å². The largest absolute Gasteiger partial charge is 0.402 e. The summed E-state index contributed by atoms with van der Waals surface area (Å²) in [5, 5.41) is 5.58. The number of thiocarbonyl (C=S) groups is 1. The van der Waals surface area contributed by atoms with E-state index in [0.717, 1.165) is 11.6 Å². The lowest BCUT2D eigenvalue weighted by molar-refractivity contribution is -0.118. The highest BCUT2D eigenvalue weighted by molar-refractivity contribution is 7.81. The molecule has 0 aliphatic heterocycles. The number of benzene rings is 2. The van der Waals surface area contributed by atoms with Crippen molar-refractivity contribution in [3.63, 3.8) is 0 Å². The molecule has 0 saturated carbocycles. The molecule has 0 fully saturated rings. The van der Waals surface area contributed by atoms with E-state index in [1.54, 1.807) is 49.5 Å². The number of allylic oxidation sites excluding steroid dienone is 1. The molecule has 186 valence electrons. The maximum absolute atomic E-state index is 14.8. The topological polar surface area (TPSA) is 158 Å². The summed E-state index contributed by atoms with van der Waals surface area (Å²) < 4.78 is 16.3. The predicted molar refractivity (Wildman–Crippen MR) is 141 cm³/mol. The van der Waals surface area contributed by atoms with E-state index in [1.165, 1.54) is 22.8 Å². The SMILES string of the molecule is CC(N)=CC(=S)Nc1cc(N[C@H](Cc2ccc(-n3ccccc3=O)cc2)C(N)=O)c(F)cc1C(N)=O. The van der Waals surface area contributed by atoms with Gasteiger partial charge in [0.25, 0.3) is 11.5 Å². The van der Waals surface area contributed by atoms with Gasteiger partial charge < -0.3 is 27.8 Å². The maximum Gasteiger partial charge on any atom is 0.255 e. The van der Waals surface area contributed by atoms with Gasteiger partial charge >= 0.3 is 0 Å². The van der Waals surface area contributed by atoms with Crippen molar-refractivity contribution < 1.29 is 14.0 Å². The van der Waals surface area contributed by atoms with Gasteiger partial charge in [0.1, 0.15) is 16.8 Å². The molecule has 36 heavy (non-hydrogen) atoms. The standard InChI is InChI=1S/C25H25FN6O3S/c1-14(27)10-22(36)31-19-13-20(18(26)12-17(19)24(28)34)30-21(25(29)35)11-15-5-7-16(8-6-15)32-9-3-2-4-23(32)33/h2-10,12-13,21,30H,11,27H2,1H3,(H2,28,34)(H2,29,35)(H,31,36)/t21-/m1/s1. The summed E-state index contributed by atoms with van der Waals surface area (Å²) in [6, 6.07) is 13.0. The van der Waals surface area contributed by atoms with Gasteiger partial charge in [-0.15, -0.1) is 0 Å². The summed E-state index contributed by atoms with van der Waals surface area (Å²) >= 11 is 5.18. The molecule has 1 atom stereocenters. The molecule has 11 heteroatoms. The van der Waals surface area contributed by atoms with E-state index in [4.69, 9.17) is 29.4 Å². The minimum absolute atomic E-state index is 0.0880. The molecule has 1 aromatic heterocycles. The summed E-state index contributed by atoms with van der Waals surface area (Å²) in [7, 11) is 0.